The van der Waals surface area contributed by atoms with Crippen LogP contribution in [0.5, 0.6) is 0 Å². The first-order valence-corrected chi connectivity index (χ1v) is 8.29. The summed E-state index contributed by atoms with van der Waals surface area (Å²) in [5.74, 6) is 0.637. The predicted octanol–water partition coefficient (Wildman–Crippen LogP) is 3.29. The van der Waals surface area contributed by atoms with Crippen molar-refractivity contribution in [1.82, 2.24) is 9.80 Å². The highest BCUT2D eigenvalue weighted by Gasteiger charge is 2.37. The number of hydrogen-bond acceptors (Lipinski definition) is 2. The molecule has 0 N–H and O–H groups in total. The lowest BCUT2D eigenvalue weighted by Crippen LogP contribution is -2.40. The summed E-state index contributed by atoms with van der Waals surface area (Å²) in [6.07, 6.45) is 1.18. The zero-order chi connectivity index (χ0) is 15.1. The van der Waals surface area contributed by atoms with Gasteiger partial charge in [-0.1, -0.05) is 48.5 Å². The number of fused-ring (bicyclic) bond motifs is 1. The molecule has 3 aliphatic rings. The maximum Gasteiger partial charge on any atom is 0.0607 e. The molecular formula is C20H24N2. The van der Waals surface area contributed by atoms with Crippen LogP contribution in [0.3, 0.4) is 0 Å². The van der Waals surface area contributed by atoms with Crippen molar-refractivity contribution in [3.8, 4) is 0 Å². The van der Waals surface area contributed by atoms with Gasteiger partial charge in [0.15, 0.2) is 0 Å². The number of hydrogen-bond donors (Lipinski definition) is 0. The molecule has 0 aromatic heterocycles. The number of likely N-dealkylation sites (N-methyl/N-ethyl adjacent to an activating group) is 1. The van der Waals surface area contributed by atoms with Crippen molar-refractivity contribution >= 4 is 0 Å². The molecule has 2 bridgehead atoms. The van der Waals surface area contributed by atoms with Gasteiger partial charge in [0.1, 0.15) is 0 Å². The highest BCUT2D eigenvalue weighted by molar-refractivity contribution is 5.48. The summed E-state index contributed by atoms with van der Waals surface area (Å²) < 4.78 is 0. The third kappa shape index (κ3) is 2.27. The van der Waals surface area contributed by atoms with Crippen LogP contribution in [0.25, 0.3) is 0 Å². The summed E-state index contributed by atoms with van der Waals surface area (Å²) >= 11 is 0. The minimum Gasteiger partial charge on any atom is -0.308 e. The molecule has 5 rings (SSSR count). The quantitative estimate of drug-likeness (QED) is 0.856. The van der Waals surface area contributed by atoms with E-state index in [1.54, 1.807) is 11.1 Å². The van der Waals surface area contributed by atoms with Crippen molar-refractivity contribution < 1.29 is 0 Å². The molecule has 0 unspecified atom stereocenters. The van der Waals surface area contributed by atoms with Gasteiger partial charge in [0.2, 0.25) is 0 Å². The van der Waals surface area contributed by atoms with Gasteiger partial charge < -0.3 is 4.90 Å². The maximum absolute atomic E-state index is 2.69. The molecule has 0 spiro atoms. The molecule has 2 atom stereocenters. The fourth-order valence-electron chi connectivity index (χ4n) is 4.16. The highest BCUT2D eigenvalue weighted by atomic mass is 15.2. The van der Waals surface area contributed by atoms with E-state index in [4.69, 9.17) is 0 Å². The van der Waals surface area contributed by atoms with Gasteiger partial charge in [-0.05, 0) is 42.8 Å². The SMILES string of the molecule is CN(C)CCN1C[C@@H]2Cc3ccccc3[C@@H]1c1ccccc12. The van der Waals surface area contributed by atoms with E-state index in [-0.39, 0.29) is 0 Å². The molecule has 2 aromatic rings. The fourth-order valence-corrected chi connectivity index (χ4v) is 4.16. The van der Waals surface area contributed by atoms with Gasteiger partial charge in [-0.25, -0.2) is 0 Å². The number of rotatable bonds is 3. The zero-order valence-electron chi connectivity index (χ0n) is 13.5. The van der Waals surface area contributed by atoms with Gasteiger partial charge in [0.25, 0.3) is 0 Å². The third-order valence-electron chi connectivity index (χ3n) is 5.20. The normalized spacial score (nSPS) is 23.2. The van der Waals surface area contributed by atoms with Gasteiger partial charge in [0, 0.05) is 25.6 Å². The van der Waals surface area contributed by atoms with Gasteiger partial charge in [-0.15, -0.1) is 0 Å². The van der Waals surface area contributed by atoms with Crippen molar-refractivity contribution in [3.63, 3.8) is 0 Å². The average Bonchev–Trinajstić information content (AvgIpc) is 2.78. The summed E-state index contributed by atoms with van der Waals surface area (Å²) in [6, 6.07) is 18.6. The molecule has 114 valence electrons. The summed E-state index contributed by atoms with van der Waals surface area (Å²) in [6.45, 7) is 3.44. The van der Waals surface area contributed by atoms with Crippen molar-refractivity contribution in [3.05, 3.63) is 70.8 Å². The molecule has 0 radical (unpaired) electrons. The molecule has 2 heterocycles. The summed E-state index contributed by atoms with van der Waals surface area (Å²) in [4.78, 5) is 4.98. The molecule has 0 amide bonds. The van der Waals surface area contributed by atoms with E-state index in [0.29, 0.717) is 12.0 Å². The molecular weight excluding hydrogens is 268 g/mol. The lowest BCUT2D eigenvalue weighted by molar-refractivity contribution is 0.182. The second-order valence-electron chi connectivity index (χ2n) is 6.93. The number of benzene rings is 2. The molecule has 2 heteroatoms. The third-order valence-corrected chi connectivity index (χ3v) is 5.20. The van der Waals surface area contributed by atoms with E-state index in [9.17, 15) is 0 Å². The van der Waals surface area contributed by atoms with Crippen molar-refractivity contribution in [2.45, 2.75) is 18.4 Å². The Bertz CT molecular complexity index is 677. The van der Waals surface area contributed by atoms with Gasteiger partial charge in [0.05, 0.1) is 6.04 Å². The van der Waals surface area contributed by atoms with E-state index < -0.39 is 0 Å². The Morgan fingerprint density at radius 2 is 1.64 bits per heavy atom. The van der Waals surface area contributed by atoms with E-state index >= 15 is 0 Å². The Morgan fingerprint density at radius 3 is 2.41 bits per heavy atom. The summed E-state index contributed by atoms with van der Waals surface area (Å²) in [5, 5.41) is 0. The first kappa shape index (κ1) is 14.0. The van der Waals surface area contributed by atoms with E-state index in [2.05, 4.69) is 72.4 Å². The van der Waals surface area contributed by atoms with Crippen LogP contribution in [-0.4, -0.2) is 43.5 Å². The molecule has 22 heavy (non-hydrogen) atoms. The highest BCUT2D eigenvalue weighted by Crippen LogP contribution is 2.45. The largest absolute Gasteiger partial charge is 0.308 e. The monoisotopic (exact) mass is 292 g/mol. The predicted molar refractivity (Wildman–Crippen MR) is 91.3 cm³/mol. The Balaban J connectivity index is 1.81. The summed E-state index contributed by atoms with van der Waals surface area (Å²) in [5.41, 5.74) is 6.17. The van der Waals surface area contributed by atoms with E-state index in [0.717, 1.165) is 13.1 Å². The molecule has 2 aliphatic heterocycles. The Morgan fingerprint density at radius 1 is 0.955 bits per heavy atom. The van der Waals surface area contributed by atoms with Gasteiger partial charge >= 0.3 is 0 Å². The second kappa shape index (κ2) is 5.53. The minimum atomic E-state index is 0.436. The van der Waals surface area contributed by atoms with Crippen LogP contribution in [0, 0.1) is 0 Å². The minimum absolute atomic E-state index is 0.436. The van der Waals surface area contributed by atoms with Crippen LogP contribution in [-0.2, 0) is 6.42 Å². The number of nitrogens with zero attached hydrogens (tertiary/aromatic N) is 2. The van der Waals surface area contributed by atoms with Crippen LogP contribution in [0.1, 0.15) is 34.2 Å². The van der Waals surface area contributed by atoms with Gasteiger partial charge in [-0.2, -0.15) is 0 Å². The van der Waals surface area contributed by atoms with Gasteiger partial charge in [-0.3, -0.25) is 4.90 Å². The second-order valence-corrected chi connectivity index (χ2v) is 6.93. The first-order chi connectivity index (χ1) is 10.7. The molecule has 0 saturated carbocycles. The lowest BCUT2D eigenvalue weighted by Gasteiger charge is -2.39. The topological polar surface area (TPSA) is 6.48 Å². The van der Waals surface area contributed by atoms with Crippen LogP contribution >= 0.6 is 0 Å². The standard InChI is InChI=1S/C20H24N2/c1-21(2)11-12-22-14-16-13-15-7-3-4-9-18(15)20(22)19-10-6-5-8-17(16)19/h3-10,16,20H,11-14H2,1-2H3/t16-,20+/m0/s1. The average molecular weight is 292 g/mol. The van der Waals surface area contributed by atoms with Crippen molar-refractivity contribution in [1.29, 1.82) is 0 Å². The lowest BCUT2D eigenvalue weighted by atomic mass is 9.85. The Hall–Kier alpha value is -1.64. The fraction of sp³-hybridized carbons (Fsp3) is 0.400. The maximum atomic E-state index is 2.69. The first-order valence-electron chi connectivity index (χ1n) is 8.29. The van der Waals surface area contributed by atoms with Crippen molar-refractivity contribution in [2.75, 3.05) is 33.7 Å². The van der Waals surface area contributed by atoms with Crippen molar-refractivity contribution in [2.24, 2.45) is 0 Å². The summed E-state index contributed by atoms with van der Waals surface area (Å²) in [7, 11) is 4.33. The molecule has 2 aromatic carbocycles. The Kier molecular flexibility index (Phi) is 3.51. The molecule has 0 fully saturated rings. The van der Waals surface area contributed by atoms with Crippen LogP contribution in [0.2, 0.25) is 0 Å². The Labute approximate surface area is 133 Å². The van der Waals surface area contributed by atoms with E-state index in [1.807, 2.05) is 0 Å². The molecule has 1 aliphatic carbocycles. The molecule has 0 saturated heterocycles. The van der Waals surface area contributed by atoms with Crippen LogP contribution < -0.4 is 0 Å². The van der Waals surface area contributed by atoms with Crippen LogP contribution in [0.15, 0.2) is 48.5 Å². The van der Waals surface area contributed by atoms with E-state index in [1.165, 1.54) is 24.1 Å². The zero-order valence-corrected chi connectivity index (χ0v) is 13.5. The molecule has 2 nitrogen and oxygen atoms in total. The smallest absolute Gasteiger partial charge is 0.0607 e. The van der Waals surface area contributed by atoms with Crippen LogP contribution in [0.4, 0.5) is 0 Å².